The SMILES string of the molecule is Cc1cc(N2CCN(C(=O)C(C)Oc3ccc(Cl)cc3Cl)CC2)ncn1. The van der Waals surface area contributed by atoms with Gasteiger partial charge in [-0.05, 0) is 32.0 Å². The first-order valence-corrected chi connectivity index (χ1v) is 9.13. The van der Waals surface area contributed by atoms with Gasteiger partial charge in [0.2, 0.25) is 0 Å². The fraction of sp³-hybridized carbons (Fsp3) is 0.389. The van der Waals surface area contributed by atoms with Crippen molar-refractivity contribution in [2.24, 2.45) is 0 Å². The first-order chi connectivity index (χ1) is 12.4. The largest absolute Gasteiger partial charge is 0.479 e. The summed E-state index contributed by atoms with van der Waals surface area (Å²) in [6.07, 6.45) is 0.940. The molecule has 2 heterocycles. The molecule has 0 aliphatic carbocycles. The molecule has 3 rings (SSSR count). The van der Waals surface area contributed by atoms with E-state index in [0.717, 1.165) is 24.6 Å². The Hall–Kier alpha value is -2.05. The molecule has 0 saturated carbocycles. The topological polar surface area (TPSA) is 58.6 Å². The first-order valence-electron chi connectivity index (χ1n) is 8.38. The Morgan fingerprint density at radius 1 is 1.15 bits per heavy atom. The van der Waals surface area contributed by atoms with E-state index in [1.807, 2.05) is 13.0 Å². The fourth-order valence-electron chi connectivity index (χ4n) is 2.84. The summed E-state index contributed by atoms with van der Waals surface area (Å²) in [6.45, 7) is 6.33. The minimum atomic E-state index is -0.624. The lowest BCUT2D eigenvalue weighted by molar-refractivity contribution is -0.138. The van der Waals surface area contributed by atoms with Crippen molar-refractivity contribution in [1.82, 2.24) is 14.9 Å². The Morgan fingerprint density at radius 2 is 1.88 bits per heavy atom. The second-order valence-corrected chi connectivity index (χ2v) is 7.01. The van der Waals surface area contributed by atoms with Crippen molar-refractivity contribution in [2.45, 2.75) is 20.0 Å². The number of anilines is 1. The number of amides is 1. The van der Waals surface area contributed by atoms with Crippen molar-refractivity contribution in [3.63, 3.8) is 0 Å². The zero-order chi connectivity index (χ0) is 18.7. The molecule has 138 valence electrons. The van der Waals surface area contributed by atoms with E-state index in [9.17, 15) is 4.79 Å². The first kappa shape index (κ1) is 18.7. The lowest BCUT2D eigenvalue weighted by Gasteiger charge is -2.36. The van der Waals surface area contributed by atoms with E-state index in [0.29, 0.717) is 28.9 Å². The van der Waals surface area contributed by atoms with Gasteiger partial charge >= 0.3 is 0 Å². The van der Waals surface area contributed by atoms with Gasteiger partial charge < -0.3 is 14.5 Å². The van der Waals surface area contributed by atoms with Crippen LogP contribution < -0.4 is 9.64 Å². The molecule has 6 nitrogen and oxygen atoms in total. The number of benzene rings is 1. The van der Waals surface area contributed by atoms with Gasteiger partial charge in [0.15, 0.2) is 6.10 Å². The summed E-state index contributed by atoms with van der Waals surface area (Å²) in [4.78, 5) is 25.0. The summed E-state index contributed by atoms with van der Waals surface area (Å²) in [5, 5.41) is 0.915. The van der Waals surface area contributed by atoms with Gasteiger partial charge in [-0.2, -0.15) is 0 Å². The third-order valence-electron chi connectivity index (χ3n) is 4.25. The minimum absolute atomic E-state index is 0.0606. The van der Waals surface area contributed by atoms with Crippen LogP contribution in [0.1, 0.15) is 12.6 Å². The van der Waals surface area contributed by atoms with Crippen molar-refractivity contribution < 1.29 is 9.53 Å². The Labute approximate surface area is 162 Å². The van der Waals surface area contributed by atoms with Crippen LogP contribution in [0, 0.1) is 6.92 Å². The van der Waals surface area contributed by atoms with Crippen LogP contribution in [0.25, 0.3) is 0 Å². The maximum absolute atomic E-state index is 12.7. The molecule has 2 aromatic rings. The molecule has 1 unspecified atom stereocenters. The number of hydrogen-bond donors (Lipinski definition) is 0. The van der Waals surface area contributed by atoms with Gasteiger partial charge in [0.25, 0.3) is 5.91 Å². The highest BCUT2D eigenvalue weighted by atomic mass is 35.5. The van der Waals surface area contributed by atoms with Crippen molar-refractivity contribution in [3.8, 4) is 5.75 Å². The lowest BCUT2D eigenvalue weighted by Crippen LogP contribution is -2.52. The van der Waals surface area contributed by atoms with Gasteiger partial charge in [-0.25, -0.2) is 9.97 Å². The van der Waals surface area contributed by atoms with Gasteiger partial charge in [0.1, 0.15) is 17.9 Å². The zero-order valence-electron chi connectivity index (χ0n) is 14.7. The zero-order valence-corrected chi connectivity index (χ0v) is 16.2. The summed E-state index contributed by atoms with van der Waals surface area (Å²) >= 11 is 12.0. The predicted molar refractivity (Wildman–Crippen MR) is 102 cm³/mol. The Morgan fingerprint density at radius 3 is 2.54 bits per heavy atom. The summed E-state index contributed by atoms with van der Waals surface area (Å²) in [5.74, 6) is 1.28. The molecule has 1 amide bonds. The maximum Gasteiger partial charge on any atom is 0.263 e. The number of hydrogen-bond acceptors (Lipinski definition) is 5. The van der Waals surface area contributed by atoms with Crippen molar-refractivity contribution in [2.75, 3.05) is 31.1 Å². The van der Waals surface area contributed by atoms with E-state index in [4.69, 9.17) is 27.9 Å². The van der Waals surface area contributed by atoms with Crippen molar-refractivity contribution in [3.05, 3.63) is 46.3 Å². The summed E-state index contributed by atoms with van der Waals surface area (Å²) in [6, 6.07) is 6.90. The summed E-state index contributed by atoms with van der Waals surface area (Å²) in [7, 11) is 0. The van der Waals surface area contributed by atoms with E-state index in [1.54, 1.807) is 36.4 Å². The smallest absolute Gasteiger partial charge is 0.263 e. The molecular formula is C18H20Cl2N4O2. The van der Waals surface area contributed by atoms with Crippen LogP contribution in [0.15, 0.2) is 30.6 Å². The molecule has 8 heteroatoms. The summed E-state index contributed by atoms with van der Waals surface area (Å²) < 4.78 is 5.73. The summed E-state index contributed by atoms with van der Waals surface area (Å²) in [5.41, 5.74) is 0.926. The highest BCUT2D eigenvalue weighted by molar-refractivity contribution is 6.35. The Bertz CT molecular complexity index is 795. The molecule has 1 fully saturated rings. The van der Waals surface area contributed by atoms with Gasteiger partial charge in [-0.1, -0.05) is 23.2 Å². The molecular weight excluding hydrogens is 375 g/mol. The standard InChI is InChI=1S/C18H20Cl2N4O2/c1-12-9-17(22-11-21-12)23-5-7-24(8-6-23)18(25)13(2)26-16-4-3-14(19)10-15(16)20/h3-4,9-11,13H,5-8H2,1-2H3. The van der Waals surface area contributed by atoms with Gasteiger partial charge in [-0.15, -0.1) is 0 Å². The van der Waals surface area contributed by atoms with E-state index >= 15 is 0 Å². The monoisotopic (exact) mass is 394 g/mol. The van der Waals surface area contributed by atoms with Crippen LogP contribution in [-0.4, -0.2) is 53.1 Å². The molecule has 1 aliphatic rings. The third kappa shape index (κ3) is 4.37. The normalized spacial score (nSPS) is 15.7. The number of ether oxygens (including phenoxy) is 1. The fourth-order valence-corrected chi connectivity index (χ4v) is 3.29. The number of aromatic nitrogens is 2. The van der Waals surface area contributed by atoms with E-state index < -0.39 is 6.10 Å². The molecule has 1 saturated heterocycles. The minimum Gasteiger partial charge on any atom is -0.479 e. The Balaban J connectivity index is 1.57. The van der Waals surface area contributed by atoms with E-state index in [2.05, 4.69) is 14.9 Å². The third-order valence-corrected chi connectivity index (χ3v) is 4.78. The average Bonchev–Trinajstić information content (AvgIpc) is 2.63. The number of carbonyl (C=O) groups is 1. The number of halogens is 2. The molecule has 0 bridgehead atoms. The number of piperazine rings is 1. The molecule has 1 atom stereocenters. The average molecular weight is 395 g/mol. The van der Waals surface area contributed by atoms with Gasteiger partial charge in [-0.3, -0.25) is 4.79 Å². The van der Waals surface area contributed by atoms with Crippen LogP contribution in [0.4, 0.5) is 5.82 Å². The highest BCUT2D eigenvalue weighted by Crippen LogP contribution is 2.28. The van der Waals surface area contributed by atoms with Crippen LogP contribution in [0.2, 0.25) is 10.0 Å². The van der Waals surface area contributed by atoms with Crippen LogP contribution in [0.5, 0.6) is 5.75 Å². The van der Waals surface area contributed by atoms with Gasteiger partial charge in [0.05, 0.1) is 5.02 Å². The van der Waals surface area contributed by atoms with Crippen molar-refractivity contribution in [1.29, 1.82) is 0 Å². The molecule has 1 aromatic heterocycles. The van der Waals surface area contributed by atoms with Crippen LogP contribution in [0.3, 0.4) is 0 Å². The second-order valence-electron chi connectivity index (χ2n) is 6.16. The van der Waals surface area contributed by atoms with E-state index in [-0.39, 0.29) is 5.91 Å². The number of nitrogens with zero attached hydrogens (tertiary/aromatic N) is 4. The molecule has 1 aromatic carbocycles. The molecule has 0 radical (unpaired) electrons. The molecule has 0 spiro atoms. The maximum atomic E-state index is 12.7. The number of rotatable bonds is 4. The predicted octanol–water partition coefficient (Wildman–Crippen LogP) is 3.21. The van der Waals surface area contributed by atoms with Crippen molar-refractivity contribution >= 4 is 34.9 Å². The molecule has 26 heavy (non-hydrogen) atoms. The molecule has 0 N–H and O–H groups in total. The van der Waals surface area contributed by atoms with Gasteiger partial charge in [0, 0.05) is 43.0 Å². The van der Waals surface area contributed by atoms with Crippen LogP contribution in [-0.2, 0) is 4.79 Å². The van der Waals surface area contributed by atoms with E-state index in [1.165, 1.54) is 0 Å². The molecule has 1 aliphatic heterocycles. The van der Waals surface area contributed by atoms with Crippen LogP contribution >= 0.6 is 23.2 Å². The lowest BCUT2D eigenvalue weighted by atomic mass is 10.2. The second kappa shape index (κ2) is 8.10. The highest BCUT2D eigenvalue weighted by Gasteiger charge is 2.27. The number of carbonyl (C=O) groups excluding carboxylic acids is 1. The number of aryl methyl sites for hydroxylation is 1. The Kier molecular flexibility index (Phi) is 5.84. The quantitative estimate of drug-likeness (QED) is 0.796.